The lowest BCUT2D eigenvalue weighted by molar-refractivity contribution is 0.844. The van der Waals surface area contributed by atoms with Crippen LogP contribution in [0.1, 0.15) is 11.4 Å². The van der Waals surface area contributed by atoms with Crippen LogP contribution in [0.15, 0.2) is 30.6 Å². The average Bonchev–Trinajstić information content (AvgIpc) is 2.65. The predicted molar refractivity (Wildman–Crippen MR) is 54.0 cm³/mol. The number of hydrogen-bond donors (Lipinski definition) is 1. The van der Waals surface area contributed by atoms with Crippen molar-refractivity contribution in [2.45, 2.75) is 13.5 Å². The second-order valence-electron chi connectivity index (χ2n) is 3.07. The number of aryl methyl sites for hydroxylation is 1. The van der Waals surface area contributed by atoms with Crippen LogP contribution >= 0.6 is 0 Å². The molecule has 1 aromatic heterocycles. The second-order valence-corrected chi connectivity index (χ2v) is 3.07. The first kappa shape index (κ1) is 8.90. The summed E-state index contributed by atoms with van der Waals surface area (Å²) in [6.45, 7) is 2.37. The van der Waals surface area contributed by atoms with E-state index in [2.05, 4.69) is 10.1 Å². The van der Waals surface area contributed by atoms with Gasteiger partial charge < -0.3 is 5.73 Å². The number of nitrogens with two attached hydrogens (primary N) is 1. The van der Waals surface area contributed by atoms with Gasteiger partial charge >= 0.3 is 0 Å². The SMILES string of the molecule is Cc1ncn(-c2ccccc2CN)n1. The van der Waals surface area contributed by atoms with Crippen molar-refractivity contribution in [1.82, 2.24) is 14.8 Å². The Hall–Kier alpha value is -1.68. The summed E-state index contributed by atoms with van der Waals surface area (Å²) >= 11 is 0. The number of aromatic nitrogens is 3. The first-order valence-electron chi connectivity index (χ1n) is 4.48. The zero-order valence-electron chi connectivity index (χ0n) is 8.01. The summed E-state index contributed by atoms with van der Waals surface area (Å²) in [7, 11) is 0. The first-order chi connectivity index (χ1) is 6.81. The molecule has 0 radical (unpaired) electrons. The maximum atomic E-state index is 5.63. The molecule has 2 N–H and O–H groups in total. The number of para-hydroxylation sites is 1. The number of benzene rings is 1. The molecule has 0 amide bonds. The highest BCUT2D eigenvalue weighted by molar-refractivity contribution is 5.39. The fraction of sp³-hybridized carbons (Fsp3) is 0.200. The monoisotopic (exact) mass is 188 g/mol. The van der Waals surface area contributed by atoms with Crippen molar-refractivity contribution in [3.05, 3.63) is 42.0 Å². The van der Waals surface area contributed by atoms with Crippen molar-refractivity contribution in [3.63, 3.8) is 0 Å². The molecule has 0 aliphatic heterocycles. The van der Waals surface area contributed by atoms with Gasteiger partial charge in [-0.05, 0) is 18.6 Å². The van der Waals surface area contributed by atoms with E-state index in [0.717, 1.165) is 17.1 Å². The highest BCUT2D eigenvalue weighted by atomic mass is 15.3. The summed E-state index contributed by atoms with van der Waals surface area (Å²) in [6.07, 6.45) is 1.70. The molecule has 1 aromatic carbocycles. The molecule has 14 heavy (non-hydrogen) atoms. The van der Waals surface area contributed by atoms with Crippen molar-refractivity contribution < 1.29 is 0 Å². The van der Waals surface area contributed by atoms with E-state index in [9.17, 15) is 0 Å². The number of rotatable bonds is 2. The molecular weight excluding hydrogens is 176 g/mol. The molecule has 0 atom stereocenters. The third-order valence-electron chi connectivity index (χ3n) is 2.06. The summed E-state index contributed by atoms with van der Waals surface area (Å²) < 4.78 is 1.75. The van der Waals surface area contributed by atoms with Gasteiger partial charge in [0.1, 0.15) is 12.2 Å². The molecule has 0 spiro atoms. The van der Waals surface area contributed by atoms with Gasteiger partial charge in [-0.25, -0.2) is 9.67 Å². The van der Waals surface area contributed by atoms with E-state index in [1.54, 1.807) is 11.0 Å². The van der Waals surface area contributed by atoms with Crippen LogP contribution in [0.4, 0.5) is 0 Å². The standard InChI is InChI=1S/C10H12N4/c1-8-12-7-14(13-8)10-5-3-2-4-9(10)6-11/h2-5,7H,6,11H2,1H3. The van der Waals surface area contributed by atoms with E-state index in [1.807, 2.05) is 31.2 Å². The lowest BCUT2D eigenvalue weighted by atomic mass is 10.2. The zero-order valence-corrected chi connectivity index (χ0v) is 8.01. The quantitative estimate of drug-likeness (QED) is 0.766. The van der Waals surface area contributed by atoms with E-state index < -0.39 is 0 Å². The minimum atomic E-state index is 0.509. The summed E-state index contributed by atoms with van der Waals surface area (Å²) in [4.78, 5) is 4.08. The van der Waals surface area contributed by atoms with Crippen LogP contribution in [0.25, 0.3) is 5.69 Å². The van der Waals surface area contributed by atoms with Gasteiger partial charge in [0.05, 0.1) is 5.69 Å². The Morgan fingerprint density at radius 1 is 1.36 bits per heavy atom. The van der Waals surface area contributed by atoms with Crippen LogP contribution in [0.3, 0.4) is 0 Å². The highest BCUT2D eigenvalue weighted by Crippen LogP contribution is 2.12. The fourth-order valence-electron chi connectivity index (χ4n) is 1.37. The van der Waals surface area contributed by atoms with Gasteiger partial charge in [0.25, 0.3) is 0 Å². The van der Waals surface area contributed by atoms with Crippen LogP contribution in [-0.4, -0.2) is 14.8 Å². The molecule has 0 saturated carbocycles. The van der Waals surface area contributed by atoms with Crippen LogP contribution in [0.2, 0.25) is 0 Å². The Morgan fingerprint density at radius 2 is 2.14 bits per heavy atom. The molecule has 0 unspecified atom stereocenters. The second kappa shape index (κ2) is 3.59. The molecule has 0 aliphatic rings. The van der Waals surface area contributed by atoms with Crippen LogP contribution in [-0.2, 0) is 6.54 Å². The topological polar surface area (TPSA) is 56.7 Å². The molecule has 2 aromatic rings. The summed E-state index contributed by atoms with van der Waals surface area (Å²) in [6, 6.07) is 7.91. The van der Waals surface area contributed by atoms with Crippen LogP contribution in [0, 0.1) is 6.92 Å². The van der Waals surface area contributed by atoms with Gasteiger partial charge in [0, 0.05) is 6.54 Å². The van der Waals surface area contributed by atoms with Crippen molar-refractivity contribution in [1.29, 1.82) is 0 Å². The van der Waals surface area contributed by atoms with Crippen LogP contribution in [0.5, 0.6) is 0 Å². The Labute approximate surface area is 82.4 Å². The zero-order chi connectivity index (χ0) is 9.97. The van der Waals surface area contributed by atoms with Gasteiger partial charge in [-0.1, -0.05) is 18.2 Å². The third-order valence-corrected chi connectivity index (χ3v) is 2.06. The van der Waals surface area contributed by atoms with Crippen molar-refractivity contribution in [2.75, 3.05) is 0 Å². The van der Waals surface area contributed by atoms with Gasteiger partial charge in [-0.3, -0.25) is 0 Å². The molecule has 4 nitrogen and oxygen atoms in total. The van der Waals surface area contributed by atoms with Gasteiger partial charge in [0.2, 0.25) is 0 Å². The lowest BCUT2D eigenvalue weighted by Crippen LogP contribution is -2.04. The molecule has 4 heteroatoms. The maximum absolute atomic E-state index is 5.63. The predicted octanol–water partition coefficient (Wildman–Crippen LogP) is 1.03. The molecular formula is C10H12N4. The lowest BCUT2D eigenvalue weighted by Gasteiger charge is -2.05. The van der Waals surface area contributed by atoms with Gasteiger partial charge in [0.15, 0.2) is 0 Å². The van der Waals surface area contributed by atoms with Crippen molar-refractivity contribution >= 4 is 0 Å². The Morgan fingerprint density at radius 3 is 2.79 bits per heavy atom. The van der Waals surface area contributed by atoms with Crippen molar-refractivity contribution in [3.8, 4) is 5.69 Å². The average molecular weight is 188 g/mol. The summed E-state index contributed by atoms with van der Waals surface area (Å²) in [5.41, 5.74) is 7.70. The van der Waals surface area contributed by atoms with E-state index >= 15 is 0 Å². The van der Waals surface area contributed by atoms with E-state index in [1.165, 1.54) is 0 Å². The Kier molecular flexibility index (Phi) is 2.28. The van der Waals surface area contributed by atoms with E-state index in [0.29, 0.717) is 6.54 Å². The molecule has 0 aliphatic carbocycles. The first-order valence-corrected chi connectivity index (χ1v) is 4.48. The minimum Gasteiger partial charge on any atom is -0.326 e. The molecule has 1 heterocycles. The summed E-state index contributed by atoms with van der Waals surface area (Å²) in [5.74, 6) is 0.761. The Bertz CT molecular complexity index is 433. The van der Waals surface area contributed by atoms with Crippen molar-refractivity contribution in [2.24, 2.45) is 5.73 Å². The third kappa shape index (κ3) is 1.52. The Balaban J connectivity index is 2.50. The van der Waals surface area contributed by atoms with E-state index in [-0.39, 0.29) is 0 Å². The number of hydrogen-bond acceptors (Lipinski definition) is 3. The largest absolute Gasteiger partial charge is 0.326 e. The van der Waals surface area contributed by atoms with E-state index in [4.69, 9.17) is 5.73 Å². The van der Waals surface area contributed by atoms with Gasteiger partial charge in [-0.2, -0.15) is 5.10 Å². The maximum Gasteiger partial charge on any atom is 0.147 e. The summed E-state index contributed by atoms with van der Waals surface area (Å²) in [5, 5.41) is 4.24. The number of nitrogens with zero attached hydrogens (tertiary/aromatic N) is 3. The van der Waals surface area contributed by atoms with Crippen LogP contribution < -0.4 is 5.73 Å². The molecule has 72 valence electrons. The normalized spacial score (nSPS) is 10.4. The highest BCUT2D eigenvalue weighted by Gasteiger charge is 2.03. The molecule has 0 bridgehead atoms. The fourth-order valence-corrected chi connectivity index (χ4v) is 1.37. The molecule has 0 saturated heterocycles. The molecule has 0 fully saturated rings. The molecule has 2 rings (SSSR count). The minimum absolute atomic E-state index is 0.509. The van der Waals surface area contributed by atoms with Gasteiger partial charge in [-0.15, -0.1) is 0 Å². The smallest absolute Gasteiger partial charge is 0.147 e.